The van der Waals surface area contributed by atoms with Crippen molar-refractivity contribution in [2.45, 2.75) is 30.4 Å². The van der Waals surface area contributed by atoms with Gasteiger partial charge < -0.3 is 18.9 Å². The Hall–Kier alpha value is -2.95. The van der Waals surface area contributed by atoms with Crippen molar-refractivity contribution in [2.24, 2.45) is 0 Å². The number of hydrogen-bond donors (Lipinski definition) is 0. The molecule has 9 nitrogen and oxygen atoms in total. The van der Waals surface area contributed by atoms with Crippen LogP contribution in [-0.2, 0) is 30.8 Å². The second-order valence-corrected chi connectivity index (χ2v) is 9.41. The van der Waals surface area contributed by atoms with Gasteiger partial charge in [0, 0.05) is 25.3 Å². The number of nitrogens with zero attached hydrogens (tertiary/aromatic N) is 1. The molecular formula is C23H27NO8S. The van der Waals surface area contributed by atoms with Crippen LogP contribution in [0.4, 0.5) is 0 Å². The molecule has 3 rings (SSSR count). The second-order valence-electron chi connectivity index (χ2n) is 7.47. The summed E-state index contributed by atoms with van der Waals surface area (Å²) in [5.41, 5.74) is 0.514. The van der Waals surface area contributed by atoms with Crippen LogP contribution in [0.5, 0.6) is 5.75 Å². The van der Waals surface area contributed by atoms with Crippen molar-refractivity contribution in [3.05, 3.63) is 59.2 Å². The molecule has 1 atom stereocenters. The van der Waals surface area contributed by atoms with Gasteiger partial charge in [-0.2, -0.15) is 4.31 Å². The van der Waals surface area contributed by atoms with Crippen LogP contribution < -0.4 is 4.74 Å². The first-order valence-electron chi connectivity index (χ1n) is 10.4. The fourth-order valence-corrected chi connectivity index (χ4v) is 5.18. The molecule has 1 heterocycles. The first kappa shape index (κ1) is 24.7. The maximum absolute atomic E-state index is 13.8. The number of methoxy groups -OCH3 is 3. The molecule has 0 saturated carbocycles. The fraction of sp³-hybridized carbons (Fsp3) is 0.391. The van der Waals surface area contributed by atoms with Gasteiger partial charge in [-0.05, 0) is 37.1 Å². The van der Waals surface area contributed by atoms with Crippen molar-refractivity contribution >= 4 is 22.0 Å². The predicted molar refractivity (Wildman–Crippen MR) is 119 cm³/mol. The summed E-state index contributed by atoms with van der Waals surface area (Å²) in [6.07, 6.45) is 1.31. The SMILES string of the molecule is COC(=O)c1cc(C(=O)OC)cc(S(=O)(=O)N(Cc2ccccc2OC)C[C@@H]2CCCO2)c1. The molecule has 1 aliphatic heterocycles. The summed E-state index contributed by atoms with van der Waals surface area (Å²) >= 11 is 0. The summed E-state index contributed by atoms with van der Waals surface area (Å²) in [4.78, 5) is 24.1. The van der Waals surface area contributed by atoms with E-state index in [0.717, 1.165) is 12.8 Å². The molecule has 178 valence electrons. The van der Waals surface area contributed by atoms with Gasteiger partial charge in [-0.3, -0.25) is 0 Å². The first-order valence-corrected chi connectivity index (χ1v) is 11.8. The average molecular weight is 478 g/mol. The van der Waals surface area contributed by atoms with E-state index in [4.69, 9.17) is 18.9 Å². The van der Waals surface area contributed by atoms with E-state index in [0.29, 0.717) is 17.9 Å². The Bertz CT molecular complexity index is 1070. The lowest BCUT2D eigenvalue weighted by atomic mass is 10.1. The number of benzene rings is 2. The molecule has 2 aromatic carbocycles. The topological polar surface area (TPSA) is 108 Å². The predicted octanol–water partition coefficient (Wildman–Crippen LogP) is 2.64. The summed E-state index contributed by atoms with van der Waals surface area (Å²) in [5, 5.41) is 0. The number of hydrogen-bond acceptors (Lipinski definition) is 8. The summed E-state index contributed by atoms with van der Waals surface area (Å²) in [6, 6.07) is 10.7. The van der Waals surface area contributed by atoms with E-state index >= 15 is 0 Å². The van der Waals surface area contributed by atoms with Crippen molar-refractivity contribution in [1.29, 1.82) is 0 Å². The van der Waals surface area contributed by atoms with E-state index in [1.165, 1.54) is 43.8 Å². The van der Waals surface area contributed by atoms with Crippen LogP contribution in [0, 0.1) is 0 Å². The van der Waals surface area contributed by atoms with E-state index in [1.54, 1.807) is 24.3 Å². The Labute approximate surface area is 193 Å². The molecule has 0 N–H and O–H groups in total. The number of rotatable bonds is 9. The first-order chi connectivity index (χ1) is 15.8. The van der Waals surface area contributed by atoms with Crippen molar-refractivity contribution < 1.29 is 37.0 Å². The van der Waals surface area contributed by atoms with Crippen molar-refractivity contribution in [3.8, 4) is 5.75 Å². The Balaban J connectivity index is 2.08. The lowest BCUT2D eigenvalue weighted by Gasteiger charge is -2.26. The van der Waals surface area contributed by atoms with Crippen LogP contribution in [0.15, 0.2) is 47.4 Å². The Morgan fingerprint density at radius 3 is 2.21 bits per heavy atom. The Morgan fingerprint density at radius 1 is 1.03 bits per heavy atom. The summed E-state index contributed by atoms with van der Waals surface area (Å²) in [5.74, 6) is -0.996. The van der Waals surface area contributed by atoms with E-state index in [1.807, 2.05) is 0 Å². The van der Waals surface area contributed by atoms with Gasteiger partial charge in [0.25, 0.3) is 0 Å². The zero-order valence-electron chi connectivity index (χ0n) is 18.8. The van der Waals surface area contributed by atoms with Crippen LogP contribution in [0.25, 0.3) is 0 Å². The van der Waals surface area contributed by atoms with Crippen LogP contribution >= 0.6 is 0 Å². The number of sulfonamides is 1. The van der Waals surface area contributed by atoms with E-state index in [-0.39, 0.29) is 35.2 Å². The molecule has 2 aromatic rings. The van der Waals surface area contributed by atoms with Gasteiger partial charge in [-0.25, -0.2) is 18.0 Å². The highest BCUT2D eigenvalue weighted by atomic mass is 32.2. The standard InChI is InChI=1S/C23H27NO8S/c1-29-21-9-5-4-7-16(21)14-24(15-19-8-6-10-32-19)33(27,28)20-12-17(22(25)30-2)11-18(13-20)23(26)31-3/h4-5,7,9,11-13,19H,6,8,10,14-15H2,1-3H3/t19-/m0/s1. The second kappa shape index (κ2) is 10.8. The van der Waals surface area contributed by atoms with E-state index in [9.17, 15) is 18.0 Å². The smallest absolute Gasteiger partial charge is 0.337 e. The molecule has 1 saturated heterocycles. The highest BCUT2D eigenvalue weighted by molar-refractivity contribution is 7.89. The largest absolute Gasteiger partial charge is 0.496 e. The molecule has 0 radical (unpaired) electrons. The lowest BCUT2D eigenvalue weighted by Crippen LogP contribution is -2.37. The monoisotopic (exact) mass is 477 g/mol. The Morgan fingerprint density at radius 2 is 1.67 bits per heavy atom. The minimum absolute atomic E-state index is 0.0161. The van der Waals surface area contributed by atoms with Crippen LogP contribution in [0.2, 0.25) is 0 Å². The molecule has 0 aromatic heterocycles. The van der Waals surface area contributed by atoms with Crippen molar-refractivity contribution in [3.63, 3.8) is 0 Å². The Kier molecular flexibility index (Phi) is 8.06. The maximum atomic E-state index is 13.8. The molecule has 33 heavy (non-hydrogen) atoms. The third-order valence-corrected chi connectivity index (χ3v) is 7.15. The van der Waals surface area contributed by atoms with Gasteiger partial charge in [0.1, 0.15) is 5.75 Å². The molecule has 0 aliphatic carbocycles. The van der Waals surface area contributed by atoms with Crippen LogP contribution in [0.1, 0.15) is 39.1 Å². The molecule has 1 fully saturated rings. The van der Waals surface area contributed by atoms with Crippen molar-refractivity contribution in [1.82, 2.24) is 4.31 Å². The zero-order valence-corrected chi connectivity index (χ0v) is 19.6. The normalized spacial score (nSPS) is 15.9. The number of carbonyl (C=O) groups is 2. The maximum Gasteiger partial charge on any atom is 0.337 e. The average Bonchev–Trinajstić information content (AvgIpc) is 3.35. The van der Waals surface area contributed by atoms with Gasteiger partial charge in [0.05, 0.1) is 43.5 Å². The zero-order chi connectivity index (χ0) is 24.0. The minimum Gasteiger partial charge on any atom is -0.496 e. The summed E-state index contributed by atoms with van der Waals surface area (Å²) in [6.45, 7) is 0.691. The third kappa shape index (κ3) is 5.70. The van der Waals surface area contributed by atoms with Gasteiger partial charge >= 0.3 is 11.9 Å². The highest BCUT2D eigenvalue weighted by Gasteiger charge is 2.31. The van der Waals surface area contributed by atoms with Gasteiger partial charge in [-0.15, -0.1) is 0 Å². The quantitative estimate of drug-likeness (QED) is 0.507. The highest BCUT2D eigenvalue weighted by Crippen LogP contribution is 2.27. The summed E-state index contributed by atoms with van der Waals surface area (Å²) in [7, 11) is -0.297. The number of para-hydroxylation sites is 1. The molecule has 0 unspecified atom stereocenters. The van der Waals surface area contributed by atoms with Crippen LogP contribution in [0.3, 0.4) is 0 Å². The van der Waals surface area contributed by atoms with E-state index < -0.39 is 22.0 Å². The fourth-order valence-electron chi connectivity index (χ4n) is 3.66. The molecule has 0 bridgehead atoms. The minimum atomic E-state index is -4.16. The molecule has 0 spiro atoms. The number of ether oxygens (including phenoxy) is 4. The molecule has 0 amide bonds. The van der Waals surface area contributed by atoms with E-state index in [2.05, 4.69) is 0 Å². The van der Waals surface area contributed by atoms with Gasteiger partial charge in [-0.1, -0.05) is 18.2 Å². The lowest BCUT2D eigenvalue weighted by molar-refractivity contribution is 0.0598. The van der Waals surface area contributed by atoms with Gasteiger partial charge in [0.2, 0.25) is 10.0 Å². The molecular weight excluding hydrogens is 450 g/mol. The summed E-state index contributed by atoms with van der Waals surface area (Å²) < 4.78 is 49.4. The number of carbonyl (C=O) groups excluding carboxylic acids is 2. The number of esters is 2. The van der Waals surface area contributed by atoms with Gasteiger partial charge in [0.15, 0.2) is 0 Å². The molecule has 10 heteroatoms. The third-order valence-electron chi connectivity index (χ3n) is 5.36. The van der Waals surface area contributed by atoms with Crippen LogP contribution in [-0.4, -0.2) is 65.2 Å². The van der Waals surface area contributed by atoms with Crippen molar-refractivity contribution in [2.75, 3.05) is 34.5 Å². The molecule has 1 aliphatic rings.